The molecule has 0 atom stereocenters. The van der Waals surface area contributed by atoms with Crippen molar-refractivity contribution in [3.63, 3.8) is 0 Å². The van der Waals surface area contributed by atoms with Gasteiger partial charge in [-0.25, -0.2) is 4.39 Å². The van der Waals surface area contributed by atoms with Gasteiger partial charge in [-0.3, -0.25) is 4.79 Å². The average Bonchev–Trinajstić information content (AvgIpc) is 3.47. The van der Waals surface area contributed by atoms with E-state index in [9.17, 15) is 22.4 Å². The van der Waals surface area contributed by atoms with Gasteiger partial charge in [0, 0.05) is 41.9 Å². The van der Waals surface area contributed by atoms with Crippen LogP contribution in [-0.2, 0) is 11.0 Å². The molecule has 1 aliphatic heterocycles. The Balaban J connectivity index is 1.63. The zero-order valence-electron chi connectivity index (χ0n) is 17.0. The van der Waals surface area contributed by atoms with E-state index in [1.807, 2.05) is 11.8 Å². The van der Waals surface area contributed by atoms with Crippen LogP contribution < -0.4 is 15.5 Å². The summed E-state index contributed by atoms with van der Waals surface area (Å²) >= 11 is 0. The molecule has 31 heavy (non-hydrogen) atoms. The largest absolute Gasteiger partial charge is 0.418 e. The third kappa shape index (κ3) is 4.68. The van der Waals surface area contributed by atoms with Gasteiger partial charge in [0.25, 0.3) is 5.91 Å². The molecule has 1 heterocycles. The molecule has 4 rings (SSSR count). The minimum atomic E-state index is -4.52. The van der Waals surface area contributed by atoms with E-state index in [1.54, 1.807) is 6.07 Å². The monoisotopic (exact) mass is 433 g/mol. The average molecular weight is 433 g/mol. The number of anilines is 3. The number of hydrogen-bond acceptors (Lipinski definition) is 3. The minimum absolute atomic E-state index is 0.161. The molecule has 2 aromatic carbocycles. The third-order valence-electron chi connectivity index (χ3n) is 5.46. The molecule has 164 valence electrons. The normalized spacial score (nSPS) is 16.9. The first-order chi connectivity index (χ1) is 14.8. The highest BCUT2D eigenvalue weighted by molar-refractivity contribution is 6.31. The van der Waals surface area contributed by atoms with Crippen molar-refractivity contribution in [3.8, 4) is 0 Å². The van der Waals surface area contributed by atoms with Crippen molar-refractivity contribution in [2.75, 3.05) is 28.6 Å². The van der Waals surface area contributed by atoms with E-state index in [1.165, 1.54) is 30.5 Å². The fraction of sp³-hybridized carbons (Fsp3) is 0.348. The summed E-state index contributed by atoms with van der Waals surface area (Å²) in [5, 5.41) is 5.39. The van der Waals surface area contributed by atoms with E-state index in [2.05, 4.69) is 10.6 Å². The van der Waals surface area contributed by atoms with Crippen molar-refractivity contribution in [2.24, 2.45) is 5.92 Å². The first-order valence-electron chi connectivity index (χ1n) is 10.3. The maximum Gasteiger partial charge on any atom is 0.418 e. The van der Waals surface area contributed by atoms with Gasteiger partial charge in [-0.1, -0.05) is 6.92 Å². The maximum absolute atomic E-state index is 13.9. The van der Waals surface area contributed by atoms with Gasteiger partial charge in [-0.05, 0) is 61.6 Å². The topological polar surface area (TPSA) is 44.4 Å². The number of benzene rings is 2. The molecule has 1 fully saturated rings. The molecule has 0 bridgehead atoms. The van der Waals surface area contributed by atoms with E-state index < -0.39 is 23.5 Å². The van der Waals surface area contributed by atoms with Crippen LogP contribution in [0.2, 0.25) is 0 Å². The fourth-order valence-corrected chi connectivity index (χ4v) is 3.78. The van der Waals surface area contributed by atoms with Crippen LogP contribution >= 0.6 is 0 Å². The van der Waals surface area contributed by atoms with Gasteiger partial charge >= 0.3 is 6.18 Å². The summed E-state index contributed by atoms with van der Waals surface area (Å²) in [4.78, 5) is 14.0. The second kappa shape index (κ2) is 8.24. The van der Waals surface area contributed by atoms with Crippen molar-refractivity contribution in [3.05, 3.63) is 59.5 Å². The summed E-state index contributed by atoms with van der Waals surface area (Å²) in [6.45, 7) is 3.12. The smallest absolute Gasteiger partial charge is 0.371 e. The van der Waals surface area contributed by atoms with Gasteiger partial charge < -0.3 is 15.5 Å². The Bertz CT molecular complexity index is 1030. The number of nitrogens with zero attached hydrogens (tertiary/aromatic N) is 1. The summed E-state index contributed by atoms with van der Waals surface area (Å²) in [6, 6.07) is 7.99. The van der Waals surface area contributed by atoms with Crippen LogP contribution in [-0.4, -0.2) is 19.0 Å². The molecule has 2 N–H and O–H groups in total. The number of carbonyl (C=O) groups excluding carboxylic acids is 1. The number of carbonyl (C=O) groups is 1. The molecule has 0 aromatic heterocycles. The molecule has 8 heteroatoms. The summed E-state index contributed by atoms with van der Waals surface area (Å²) in [5.41, 5.74) is 0.639. The highest BCUT2D eigenvalue weighted by atomic mass is 19.4. The number of fused-ring (bicyclic) bond motifs is 1. The van der Waals surface area contributed by atoms with Crippen LogP contribution in [0.25, 0.3) is 5.57 Å². The minimum Gasteiger partial charge on any atom is -0.371 e. The third-order valence-corrected chi connectivity index (χ3v) is 5.46. The standard InChI is InChI=1S/C23H23F4N3O/c1-2-9-30(13-14-3-4-14)21-8-6-16(11-19(21)23(25,26)27)28-12-18-17-10-15(24)5-7-20(17)29-22(18)31/h5-8,10-12,14,28H,2-4,9,13H2,1H3,(H,29,31)/b18-12+. The van der Waals surface area contributed by atoms with Crippen molar-refractivity contribution in [1.82, 2.24) is 0 Å². The Labute approximate surface area is 177 Å². The summed E-state index contributed by atoms with van der Waals surface area (Å²) in [7, 11) is 0. The van der Waals surface area contributed by atoms with Gasteiger partial charge in [-0.2, -0.15) is 13.2 Å². The van der Waals surface area contributed by atoms with Gasteiger partial charge in [-0.15, -0.1) is 0 Å². The van der Waals surface area contributed by atoms with Crippen molar-refractivity contribution >= 4 is 28.5 Å². The van der Waals surface area contributed by atoms with Crippen LogP contribution in [0.15, 0.2) is 42.6 Å². The zero-order chi connectivity index (χ0) is 22.2. The molecule has 0 spiro atoms. The van der Waals surface area contributed by atoms with Crippen molar-refractivity contribution in [1.29, 1.82) is 0 Å². The molecule has 0 saturated heterocycles. The highest BCUT2D eigenvalue weighted by Crippen LogP contribution is 2.40. The molecule has 0 radical (unpaired) electrons. The second-order valence-electron chi connectivity index (χ2n) is 7.97. The molecular formula is C23H23F4N3O. The van der Waals surface area contributed by atoms with Crippen LogP contribution in [0, 0.1) is 11.7 Å². The lowest BCUT2D eigenvalue weighted by atomic mass is 10.1. The van der Waals surface area contributed by atoms with Gasteiger partial charge in [0.05, 0.1) is 11.1 Å². The van der Waals surface area contributed by atoms with E-state index >= 15 is 0 Å². The highest BCUT2D eigenvalue weighted by Gasteiger charge is 2.36. The molecule has 1 amide bonds. The maximum atomic E-state index is 13.9. The Morgan fingerprint density at radius 1 is 1.19 bits per heavy atom. The van der Waals surface area contributed by atoms with Gasteiger partial charge in [0.1, 0.15) is 5.82 Å². The van der Waals surface area contributed by atoms with Gasteiger partial charge in [0.2, 0.25) is 0 Å². The van der Waals surface area contributed by atoms with Crippen LogP contribution in [0.1, 0.15) is 37.3 Å². The molecule has 4 nitrogen and oxygen atoms in total. The first kappa shape index (κ1) is 21.2. The van der Waals surface area contributed by atoms with Crippen molar-refractivity contribution < 1.29 is 22.4 Å². The number of alkyl halides is 3. The SMILES string of the molecule is CCCN(CC1CC1)c1ccc(N/C=C2/C(=O)Nc3ccc(F)cc32)cc1C(F)(F)F. The van der Waals surface area contributed by atoms with E-state index in [0.29, 0.717) is 30.3 Å². The Kier molecular flexibility index (Phi) is 5.64. The first-order valence-corrected chi connectivity index (χ1v) is 10.3. The van der Waals surface area contributed by atoms with Crippen LogP contribution in [0.3, 0.4) is 0 Å². The van der Waals surface area contributed by atoms with Crippen LogP contribution in [0.5, 0.6) is 0 Å². The molecule has 2 aliphatic rings. The van der Waals surface area contributed by atoms with E-state index in [-0.39, 0.29) is 16.9 Å². The molecule has 1 saturated carbocycles. The molecular weight excluding hydrogens is 410 g/mol. The lowest BCUT2D eigenvalue weighted by Gasteiger charge is -2.28. The Hall–Kier alpha value is -3.03. The van der Waals surface area contributed by atoms with E-state index in [0.717, 1.165) is 25.3 Å². The number of rotatable bonds is 7. The summed E-state index contributed by atoms with van der Waals surface area (Å²) in [6.07, 6.45) is -0.348. The molecule has 1 aliphatic carbocycles. The van der Waals surface area contributed by atoms with Gasteiger partial charge in [0.15, 0.2) is 0 Å². The molecule has 0 unspecified atom stereocenters. The number of halogens is 4. The predicted octanol–water partition coefficient (Wildman–Crippen LogP) is 5.88. The second-order valence-corrected chi connectivity index (χ2v) is 7.97. The quantitative estimate of drug-likeness (QED) is 0.424. The zero-order valence-corrected chi connectivity index (χ0v) is 17.0. The summed E-state index contributed by atoms with van der Waals surface area (Å²) in [5.74, 6) is -0.493. The summed E-state index contributed by atoms with van der Waals surface area (Å²) < 4.78 is 55.1. The van der Waals surface area contributed by atoms with Crippen LogP contribution in [0.4, 0.5) is 34.6 Å². The lowest BCUT2D eigenvalue weighted by molar-refractivity contribution is -0.137. The lowest BCUT2D eigenvalue weighted by Crippen LogP contribution is -2.29. The van der Waals surface area contributed by atoms with E-state index in [4.69, 9.17) is 0 Å². The molecule has 2 aromatic rings. The predicted molar refractivity (Wildman–Crippen MR) is 113 cm³/mol. The number of nitrogens with one attached hydrogen (secondary N) is 2. The number of hydrogen-bond donors (Lipinski definition) is 2. The van der Waals surface area contributed by atoms with Crippen molar-refractivity contribution in [2.45, 2.75) is 32.4 Å². The Morgan fingerprint density at radius 3 is 2.65 bits per heavy atom. The Morgan fingerprint density at radius 2 is 1.97 bits per heavy atom. The number of amides is 1. The fourth-order valence-electron chi connectivity index (χ4n) is 3.78.